The largest absolute Gasteiger partial charge is 0.482 e. The van der Waals surface area contributed by atoms with Crippen LogP contribution in [0.15, 0.2) is 54.6 Å². The number of hydrogen-bond donors (Lipinski definition) is 1. The lowest BCUT2D eigenvalue weighted by Crippen LogP contribution is -2.27. The van der Waals surface area contributed by atoms with Gasteiger partial charge in [0.25, 0.3) is 5.91 Å². The van der Waals surface area contributed by atoms with Gasteiger partial charge >= 0.3 is 6.18 Å². The van der Waals surface area contributed by atoms with Crippen LogP contribution in [0.1, 0.15) is 42.2 Å². The average Bonchev–Trinajstić information content (AvgIpc) is 2.77. The summed E-state index contributed by atoms with van der Waals surface area (Å²) in [7, 11) is 0. The molecular formula is C23H12Cl2F3NO4. The van der Waals surface area contributed by atoms with Crippen molar-refractivity contribution in [3.05, 3.63) is 92.5 Å². The fraction of sp³-hybridized carbons (Fsp3) is 0.0870. The molecule has 1 N–H and O–H groups in total. The summed E-state index contributed by atoms with van der Waals surface area (Å²) in [6.45, 7) is -1.76. The maximum Gasteiger partial charge on any atom is 0.422 e. The van der Waals surface area contributed by atoms with Crippen LogP contribution in [0.4, 0.5) is 18.9 Å². The number of ether oxygens (including phenoxy) is 1. The third kappa shape index (κ3) is 4.44. The molecule has 0 fully saturated rings. The molecular weight excluding hydrogens is 482 g/mol. The molecule has 0 bridgehead atoms. The average molecular weight is 494 g/mol. The van der Waals surface area contributed by atoms with Gasteiger partial charge in [0.15, 0.2) is 18.2 Å². The SMILES string of the molecule is O=C(Nc1ccc(Cl)c(Cl)c1)c1ccc2c(c1OCC(F)(F)F)C(=O)c1ccccc1C2=O. The molecule has 1 amide bonds. The number of carbonyl (C=O) groups excluding carboxylic acids is 3. The van der Waals surface area contributed by atoms with Gasteiger partial charge in [0.05, 0.1) is 21.2 Å². The van der Waals surface area contributed by atoms with E-state index >= 15 is 0 Å². The number of benzene rings is 3. The molecule has 1 aliphatic carbocycles. The van der Waals surface area contributed by atoms with Crippen LogP contribution in [-0.4, -0.2) is 30.3 Å². The molecule has 33 heavy (non-hydrogen) atoms. The van der Waals surface area contributed by atoms with Gasteiger partial charge in [-0.25, -0.2) is 0 Å². The summed E-state index contributed by atoms with van der Waals surface area (Å²) in [6.07, 6.45) is -4.75. The molecule has 1 aliphatic rings. The van der Waals surface area contributed by atoms with Crippen molar-refractivity contribution < 1.29 is 32.3 Å². The number of halogens is 5. The summed E-state index contributed by atoms with van der Waals surface area (Å²) in [5.41, 5.74) is -0.573. The topological polar surface area (TPSA) is 72.5 Å². The smallest absolute Gasteiger partial charge is 0.422 e. The number of fused-ring (bicyclic) bond motifs is 2. The molecule has 0 radical (unpaired) electrons. The van der Waals surface area contributed by atoms with Crippen LogP contribution in [-0.2, 0) is 0 Å². The quantitative estimate of drug-likeness (QED) is 0.380. The number of hydrogen-bond acceptors (Lipinski definition) is 4. The van der Waals surface area contributed by atoms with E-state index in [0.29, 0.717) is 0 Å². The van der Waals surface area contributed by atoms with Crippen molar-refractivity contribution in [2.75, 3.05) is 11.9 Å². The molecule has 0 unspecified atom stereocenters. The molecule has 0 saturated heterocycles. The van der Waals surface area contributed by atoms with Crippen molar-refractivity contribution >= 4 is 46.4 Å². The molecule has 0 aliphatic heterocycles. The first-order valence-corrected chi connectivity index (χ1v) is 10.1. The Morgan fingerprint density at radius 2 is 1.55 bits per heavy atom. The summed E-state index contributed by atoms with van der Waals surface area (Å²) < 4.78 is 43.8. The number of anilines is 1. The van der Waals surface area contributed by atoms with Gasteiger partial charge in [-0.2, -0.15) is 13.2 Å². The summed E-state index contributed by atoms with van der Waals surface area (Å²) in [5, 5.41) is 2.86. The van der Waals surface area contributed by atoms with E-state index in [4.69, 9.17) is 27.9 Å². The van der Waals surface area contributed by atoms with Crippen LogP contribution in [0.5, 0.6) is 5.75 Å². The van der Waals surface area contributed by atoms with Crippen molar-refractivity contribution in [2.24, 2.45) is 0 Å². The number of carbonyl (C=O) groups is 3. The monoisotopic (exact) mass is 493 g/mol. The number of alkyl halides is 3. The second kappa shape index (κ2) is 8.53. The lowest BCUT2D eigenvalue weighted by molar-refractivity contribution is -0.153. The molecule has 10 heteroatoms. The maximum atomic E-state index is 13.1. The lowest BCUT2D eigenvalue weighted by Gasteiger charge is -2.22. The van der Waals surface area contributed by atoms with Gasteiger partial charge in [0.1, 0.15) is 5.75 Å². The standard InChI is InChI=1S/C23H12Cl2F3NO4/c24-16-8-5-11(9-17(16)25)29-22(32)15-7-6-14-18(21(15)33-10-23(26,27)28)20(31)13-4-2-1-3-12(13)19(14)30/h1-9H,10H2,(H,29,32). The van der Waals surface area contributed by atoms with Crippen LogP contribution in [0.2, 0.25) is 10.0 Å². The zero-order valence-electron chi connectivity index (χ0n) is 16.4. The lowest BCUT2D eigenvalue weighted by atomic mass is 9.82. The van der Waals surface area contributed by atoms with E-state index in [9.17, 15) is 27.6 Å². The third-order valence-electron chi connectivity index (χ3n) is 4.85. The van der Waals surface area contributed by atoms with Crippen molar-refractivity contribution in [3.8, 4) is 5.75 Å². The number of rotatable bonds is 4. The van der Waals surface area contributed by atoms with E-state index < -0.39 is 41.6 Å². The molecule has 3 aromatic carbocycles. The maximum absolute atomic E-state index is 13.1. The van der Waals surface area contributed by atoms with E-state index in [1.54, 1.807) is 6.07 Å². The fourth-order valence-electron chi connectivity index (χ4n) is 3.41. The molecule has 168 valence electrons. The van der Waals surface area contributed by atoms with Gasteiger partial charge < -0.3 is 10.1 Å². The van der Waals surface area contributed by atoms with Crippen LogP contribution in [0.3, 0.4) is 0 Å². The Hall–Kier alpha value is -3.36. The van der Waals surface area contributed by atoms with Gasteiger partial charge in [0.2, 0.25) is 0 Å². The van der Waals surface area contributed by atoms with Gasteiger partial charge in [-0.15, -0.1) is 0 Å². The molecule has 3 aromatic rings. The van der Waals surface area contributed by atoms with E-state index in [1.807, 2.05) is 0 Å². The number of ketones is 2. The summed E-state index contributed by atoms with van der Waals surface area (Å²) in [4.78, 5) is 39.0. The zero-order valence-corrected chi connectivity index (χ0v) is 17.9. The van der Waals surface area contributed by atoms with Crippen molar-refractivity contribution in [1.29, 1.82) is 0 Å². The van der Waals surface area contributed by atoms with E-state index in [2.05, 4.69) is 5.32 Å². The Bertz CT molecular complexity index is 1320. The highest BCUT2D eigenvalue weighted by Crippen LogP contribution is 2.37. The van der Waals surface area contributed by atoms with Gasteiger partial charge in [-0.05, 0) is 30.3 Å². The summed E-state index contributed by atoms with van der Waals surface area (Å²) in [5.74, 6) is -2.78. The minimum absolute atomic E-state index is 0.00824. The Morgan fingerprint density at radius 3 is 2.18 bits per heavy atom. The molecule has 0 aromatic heterocycles. The Morgan fingerprint density at radius 1 is 0.879 bits per heavy atom. The van der Waals surface area contributed by atoms with E-state index in [1.165, 1.54) is 42.5 Å². The van der Waals surface area contributed by atoms with E-state index in [-0.39, 0.29) is 38.0 Å². The summed E-state index contributed by atoms with van der Waals surface area (Å²) >= 11 is 11.8. The molecule has 0 saturated carbocycles. The molecule has 5 nitrogen and oxygen atoms in total. The number of nitrogens with one attached hydrogen (secondary N) is 1. The van der Waals surface area contributed by atoms with Crippen molar-refractivity contribution in [1.82, 2.24) is 0 Å². The molecule has 4 rings (SSSR count). The Balaban J connectivity index is 1.82. The highest BCUT2D eigenvalue weighted by molar-refractivity contribution is 6.42. The van der Waals surface area contributed by atoms with Crippen LogP contribution in [0.25, 0.3) is 0 Å². The van der Waals surface area contributed by atoms with Crippen LogP contribution >= 0.6 is 23.2 Å². The van der Waals surface area contributed by atoms with Crippen molar-refractivity contribution in [2.45, 2.75) is 6.18 Å². The normalized spacial score (nSPS) is 12.8. The molecule has 0 atom stereocenters. The van der Waals surface area contributed by atoms with Gasteiger partial charge in [0, 0.05) is 22.4 Å². The highest BCUT2D eigenvalue weighted by atomic mass is 35.5. The first-order chi connectivity index (χ1) is 15.6. The second-order valence-corrected chi connectivity index (χ2v) is 7.87. The van der Waals surface area contributed by atoms with Gasteiger partial charge in [-0.1, -0.05) is 47.5 Å². The van der Waals surface area contributed by atoms with Gasteiger partial charge in [-0.3, -0.25) is 14.4 Å². The fourth-order valence-corrected chi connectivity index (χ4v) is 3.71. The van der Waals surface area contributed by atoms with Crippen LogP contribution in [0, 0.1) is 0 Å². The minimum atomic E-state index is -4.75. The number of amides is 1. The predicted octanol–water partition coefficient (Wildman–Crippen LogP) is 5.96. The minimum Gasteiger partial charge on any atom is -0.482 e. The van der Waals surface area contributed by atoms with E-state index in [0.717, 1.165) is 6.07 Å². The second-order valence-electron chi connectivity index (χ2n) is 7.06. The first-order valence-electron chi connectivity index (χ1n) is 9.38. The Kier molecular flexibility index (Phi) is 5.90. The van der Waals surface area contributed by atoms with Crippen LogP contribution < -0.4 is 10.1 Å². The molecule has 0 heterocycles. The highest BCUT2D eigenvalue weighted by Gasteiger charge is 2.36. The predicted molar refractivity (Wildman–Crippen MR) is 116 cm³/mol. The Labute approximate surface area is 195 Å². The van der Waals surface area contributed by atoms with Crippen molar-refractivity contribution in [3.63, 3.8) is 0 Å². The summed E-state index contributed by atoms with van der Waals surface area (Å²) in [6, 6.07) is 12.5. The first kappa shape index (κ1) is 22.8. The zero-order chi connectivity index (χ0) is 23.9. The third-order valence-corrected chi connectivity index (χ3v) is 5.59. The molecule has 0 spiro atoms.